The van der Waals surface area contributed by atoms with Crippen LogP contribution in [0.2, 0.25) is 0 Å². The summed E-state index contributed by atoms with van der Waals surface area (Å²) in [6.07, 6.45) is 28.5. The van der Waals surface area contributed by atoms with E-state index in [9.17, 15) is 0 Å². The average molecular weight is 518 g/mol. The summed E-state index contributed by atoms with van der Waals surface area (Å²) in [6.45, 7) is 6.03. The van der Waals surface area contributed by atoms with Gasteiger partial charge in [-0.25, -0.2) is 0 Å². The van der Waals surface area contributed by atoms with Crippen LogP contribution in [0.3, 0.4) is 0 Å². The van der Waals surface area contributed by atoms with Gasteiger partial charge in [0.25, 0.3) is 0 Å². The second-order valence-electron chi connectivity index (χ2n) is 8.14. The molecule has 0 heterocycles. The quantitative estimate of drug-likeness (QED) is 0.280. The summed E-state index contributed by atoms with van der Waals surface area (Å²) in [5, 5.41) is 3.97. The van der Waals surface area contributed by atoms with E-state index in [-0.39, 0.29) is 0 Å². The summed E-state index contributed by atoms with van der Waals surface area (Å²) in [5.74, 6) is 0. The maximum atomic E-state index is 3.97. The van der Waals surface area contributed by atoms with E-state index in [1.807, 2.05) is 48.7 Å². The summed E-state index contributed by atoms with van der Waals surface area (Å²) < 4.78 is 1.93. The molecule has 3 aliphatic rings. The first-order chi connectivity index (χ1) is 15.3. The van der Waals surface area contributed by atoms with E-state index in [2.05, 4.69) is 43.3 Å². The Hall–Kier alpha value is -0.288. The maximum absolute atomic E-state index is 3.97. The molecule has 31 heavy (non-hydrogen) atoms. The normalized spacial score (nSPS) is 17.5. The van der Waals surface area contributed by atoms with Crippen LogP contribution in [0.4, 0.5) is 0 Å². The number of hydrogen-bond donors (Lipinski definition) is 0. The van der Waals surface area contributed by atoms with Crippen LogP contribution in [0.5, 0.6) is 0 Å². The van der Waals surface area contributed by atoms with Crippen LogP contribution < -0.4 is 0 Å². The van der Waals surface area contributed by atoms with Crippen molar-refractivity contribution in [3.05, 3.63) is 60.5 Å². The molecule has 1 nitrogen and oxygen atoms in total. The molecule has 0 amide bonds. The van der Waals surface area contributed by atoms with Crippen molar-refractivity contribution < 1.29 is 18.7 Å². The Kier molecular flexibility index (Phi) is 27.5. The van der Waals surface area contributed by atoms with Gasteiger partial charge in [-0.15, -0.1) is 0 Å². The Morgan fingerprint density at radius 1 is 0.645 bits per heavy atom. The van der Waals surface area contributed by atoms with Crippen LogP contribution in [-0.2, 0) is 18.7 Å². The van der Waals surface area contributed by atoms with Crippen LogP contribution in [0.25, 0.3) is 5.32 Å². The molecular formula is C29H49NPd-4. The van der Waals surface area contributed by atoms with Gasteiger partial charge in [0.2, 0.25) is 0 Å². The van der Waals surface area contributed by atoms with Crippen molar-refractivity contribution in [2.45, 2.75) is 110 Å². The summed E-state index contributed by atoms with van der Waals surface area (Å²) in [6, 6.07) is 10.1. The molecular weight excluding hydrogens is 469 g/mol. The molecule has 0 atom stereocenters. The Balaban J connectivity index is 0.000000367. The van der Waals surface area contributed by atoms with Gasteiger partial charge in [-0.2, -0.15) is 51.6 Å². The average Bonchev–Trinajstić information content (AvgIpc) is 2.90. The zero-order chi connectivity index (χ0) is 22.7. The summed E-state index contributed by atoms with van der Waals surface area (Å²) in [7, 11) is 0. The third-order valence-corrected chi connectivity index (χ3v) is 5.82. The van der Waals surface area contributed by atoms with Crippen molar-refractivity contribution in [2.75, 3.05) is 13.1 Å². The third-order valence-electron chi connectivity index (χ3n) is 5.30. The number of hydrogen-bond acceptors (Lipinski definition) is 0. The van der Waals surface area contributed by atoms with Crippen molar-refractivity contribution in [3.8, 4) is 0 Å². The molecule has 1 aromatic rings. The second-order valence-corrected chi connectivity index (χ2v) is 8.59. The Morgan fingerprint density at radius 3 is 1.13 bits per heavy atom. The number of benzene rings is 1. The third kappa shape index (κ3) is 25.8. The van der Waals surface area contributed by atoms with Gasteiger partial charge in [0.15, 0.2) is 0 Å². The Morgan fingerprint density at radius 2 is 1.00 bits per heavy atom. The van der Waals surface area contributed by atoms with Crippen LogP contribution >= 0.6 is 0 Å². The van der Waals surface area contributed by atoms with Gasteiger partial charge in [-0.1, -0.05) is 71.6 Å². The van der Waals surface area contributed by atoms with Crippen molar-refractivity contribution in [1.82, 2.24) is 0 Å². The zero-order valence-electron chi connectivity index (χ0n) is 20.5. The molecule has 0 radical (unpaired) electrons. The topological polar surface area (TPSA) is 14.1 Å². The van der Waals surface area contributed by atoms with Crippen molar-refractivity contribution >= 4 is 4.49 Å². The van der Waals surface area contributed by atoms with Crippen molar-refractivity contribution in [2.24, 2.45) is 0 Å². The zero-order valence-corrected chi connectivity index (χ0v) is 22.0. The molecule has 4 rings (SSSR count). The van der Waals surface area contributed by atoms with Crippen LogP contribution in [0.1, 0.15) is 116 Å². The first-order valence-corrected chi connectivity index (χ1v) is 13.8. The summed E-state index contributed by atoms with van der Waals surface area (Å²) in [4.78, 5) is 0. The fraction of sp³-hybridized carbons (Fsp3) is 0.655. The molecule has 0 aromatic heterocycles. The molecule has 3 fully saturated rings. The monoisotopic (exact) mass is 517 g/mol. The van der Waals surface area contributed by atoms with E-state index in [0.717, 1.165) is 13.1 Å². The standard InChI is InChI=1S/C7H6.3C6H11.C4H10N.Pd/c1-7-5-3-2-4-6-7;3*1-2-4-6-5-3-1;1-3-5-4-2;/h1-6H;3*1H,2-6H2;3-4H2,1-2H3;/q;4*-1;. The van der Waals surface area contributed by atoms with Gasteiger partial charge in [0.1, 0.15) is 0 Å². The van der Waals surface area contributed by atoms with Crippen LogP contribution in [-0.4, -0.2) is 17.6 Å². The molecule has 3 aliphatic carbocycles. The molecule has 2 heteroatoms. The predicted octanol–water partition coefficient (Wildman–Crippen LogP) is 9.25. The van der Waals surface area contributed by atoms with E-state index in [0.29, 0.717) is 0 Å². The predicted molar refractivity (Wildman–Crippen MR) is 138 cm³/mol. The minimum absolute atomic E-state index is 0.969. The molecule has 0 saturated heterocycles. The second kappa shape index (κ2) is 27.7. The molecule has 0 spiro atoms. The van der Waals surface area contributed by atoms with Gasteiger partial charge < -0.3 is 24.6 Å². The van der Waals surface area contributed by atoms with Crippen LogP contribution in [0.15, 0.2) is 30.3 Å². The van der Waals surface area contributed by atoms with Crippen LogP contribution in [0, 0.1) is 19.3 Å². The van der Waals surface area contributed by atoms with Gasteiger partial charge in [-0.05, 0) is 0 Å². The molecule has 184 valence electrons. The first-order valence-electron chi connectivity index (χ1n) is 12.9. The molecule has 0 unspecified atom stereocenters. The van der Waals surface area contributed by atoms with E-state index in [1.165, 1.54) is 102 Å². The minimum atomic E-state index is 0.969. The van der Waals surface area contributed by atoms with E-state index in [1.54, 1.807) is 0 Å². The molecule has 0 aliphatic heterocycles. The Bertz CT molecular complexity index is 368. The molecule has 0 N–H and O–H groups in total. The Labute approximate surface area is 206 Å². The molecule has 1 aromatic carbocycles. The van der Waals surface area contributed by atoms with Gasteiger partial charge >= 0.3 is 59.1 Å². The fourth-order valence-corrected chi connectivity index (χ4v) is 3.73. The summed E-state index contributed by atoms with van der Waals surface area (Å²) in [5.41, 5.74) is 1.22. The van der Waals surface area contributed by atoms with Crippen molar-refractivity contribution in [1.29, 1.82) is 0 Å². The summed E-state index contributed by atoms with van der Waals surface area (Å²) >= 11 is 2.99. The van der Waals surface area contributed by atoms with Crippen molar-refractivity contribution in [3.63, 3.8) is 0 Å². The van der Waals surface area contributed by atoms with Gasteiger partial charge in [0.05, 0.1) is 0 Å². The molecule has 0 bridgehead atoms. The van der Waals surface area contributed by atoms with E-state index in [4.69, 9.17) is 0 Å². The van der Waals surface area contributed by atoms with Gasteiger partial charge in [0, 0.05) is 0 Å². The van der Waals surface area contributed by atoms with E-state index < -0.39 is 0 Å². The molecule has 3 saturated carbocycles. The number of rotatable bonds is 3. The number of nitrogens with zero attached hydrogens (tertiary/aromatic N) is 1. The van der Waals surface area contributed by atoms with E-state index >= 15 is 0 Å². The SMILES string of the molecule is CC[N-]CC.[CH-]1CCCCC1.[CH-]1CCCCC1.[CH-]1CCCCC1.[Pd]=[CH]c1ccccc1. The fourth-order valence-electron chi connectivity index (χ4n) is 3.43. The van der Waals surface area contributed by atoms with Gasteiger partial charge in [-0.3, -0.25) is 0 Å². The first kappa shape index (κ1) is 30.7.